The molecule has 1 aliphatic rings. The van der Waals surface area contributed by atoms with Crippen molar-refractivity contribution in [1.82, 2.24) is 4.90 Å². The van der Waals surface area contributed by atoms with Crippen molar-refractivity contribution >= 4 is 0 Å². The molecule has 0 spiro atoms. The smallest absolute Gasteiger partial charge is 0.0496 e. The van der Waals surface area contributed by atoms with Gasteiger partial charge >= 0.3 is 0 Å². The Balaban J connectivity index is 2.17. The van der Waals surface area contributed by atoms with Crippen molar-refractivity contribution in [3.05, 3.63) is 35.4 Å². The van der Waals surface area contributed by atoms with Crippen LogP contribution in [0.4, 0.5) is 0 Å². The van der Waals surface area contributed by atoms with E-state index < -0.39 is 0 Å². The van der Waals surface area contributed by atoms with Crippen molar-refractivity contribution in [3.63, 3.8) is 0 Å². The summed E-state index contributed by atoms with van der Waals surface area (Å²) in [6.07, 6.45) is 5.37. The molecule has 2 heteroatoms. The van der Waals surface area contributed by atoms with Crippen molar-refractivity contribution in [2.45, 2.75) is 64.6 Å². The molecular weight excluding hydrogens is 244 g/mol. The molecule has 1 aromatic carbocycles. The lowest BCUT2D eigenvalue weighted by Gasteiger charge is -2.41. The van der Waals surface area contributed by atoms with Gasteiger partial charge in [-0.25, -0.2) is 0 Å². The SMILES string of the molecule is Cc1ccc(C(C(C)N)N(C)C2CCCC(C)C2)cc1. The molecule has 0 aliphatic heterocycles. The Morgan fingerprint density at radius 3 is 2.40 bits per heavy atom. The first kappa shape index (κ1) is 15.5. The van der Waals surface area contributed by atoms with Crippen LogP contribution >= 0.6 is 0 Å². The van der Waals surface area contributed by atoms with E-state index in [1.807, 2.05) is 0 Å². The van der Waals surface area contributed by atoms with Crippen LogP contribution in [0, 0.1) is 12.8 Å². The summed E-state index contributed by atoms with van der Waals surface area (Å²) in [6, 6.07) is 10.0. The fourth-order valence-corrected chi connectivity index (χ4v) is 3.67. The predicted molar refractivity (Wildman–Crippen MR) is 86.8 cm³/mol. The van der Waals surface area contributed by atoms with E-state index in [1.165, 1.54) is 36.8 Å². The van der Waals surface area contributed by atoms with E-state index in [9.17, 15) is 0 Å². The van der Waals surface area contributed by atoms with Crippen molar-refractivity contribution in [3.8, 4) is 0 Å². The van der Waals surface area contributed by atoms with Gasteiger partial charge in [-0.05, 0) is 45.2 Å². The average molecular weight is 274 g/mol. The summed E-state index contributed by atoms with van der Waals surface area (Å²) in [5.41, 5.74) is 8.97. The second-order valence-electron chi connectivity index (χ2n) is 6.81. The van der Waals surface area contributed by atoms with Crippen LogP contribution in [0.25, 0.3) is 0 Å². The molecular formula is C18H30N2. The number of benzene rings is 1. The Bertz CT molecular complexity index is 410. The molecule has 1 aliphatic carbocycles. The summed E-state index contributed by atoms with van der Waals surface area (Å²) in [5, 5.41) is 0. The van der Waals surface area contributed by atoms with Crippen LogP contribution in [0.5, 0.6) is 0 Å². The number of nitrogens with zero attached hydrogens (tertiary/aromatic N) is 1. The van der Waals surface area contributed by atoms with Gasteiger partial charge < -0.3 is 5.73 Å². The first-order valence-corrected chi connectivity index (χ1v) is 8.03. The Morgan fingerprint density at radius 1 is 1.20 bits per heavy atom. The quantitative estimate of drug-likeness (QED) is 0.902. The Hall–Kier alpha value is -0.860. The highest BCUT2D eigenvalue weighted by Crippen LogP contribution is 2.32. The molecule has 4 atom stereocenters. The van der Waals surface area contributed by atoms with E-state index in [-0.39, 0.29) is 6.04 Å². The van der Waals surface area contributed by atoms with Gasteiger partial charge in [0.05, 0.1) is 0 Å². The fraction of sp³-hybridized carbons (Fsp3) is 0.667. The topological polar surface area (TPSA) is 29.3 Å². The van der Waals surface area contributed by atoms with E-state index in [2.05, 4.69) is 57.0 Å². The van der Waals surface area contributed by atoms with E-state index in [4.69, 9.17) is 5.73 Å². The molecule has 0 aromatic heterocycles. The first-order valence-electron chi connectivity index (χ1n) is 8.03. The summed E-state index contributed by atoms with van der Waals surface area (Å²) in [4.78, 5) is 2.53. The highest BCUT2D eigenvalue weighted by atomic mass is 15.2. The lowest BCUT2D eigenvalue weighted by Crippen LogP contribution is -2.44. The van der Waals surface area contributed by atoms with Crippen molar-refractivity contribution in [1.29, 1.82) is 0 Å². The average Bonchev–Trinajstić information content (AvgIpc) is 2.41. The van der Waals surface area contributed by atoms with Crippen LogP contribution in [0.1, 0.15) is 56.7 Å². The van der Waals surface area contributed by atoms with Crippen molar-refractivity contribution in [2.24, 2.45) is 11.7 Å². The standard InChI is InChI=1S/C18H30N2/c1-13-8-10-16(11-9-13)18(15(3)19)20(4)17-7-5-6-14(2)12-17/h8-11,14-15,17-18H,5-7,12,19H2,1-4H3. The second kappa shape index (κ2) is 6.73. The number of aryl methyl sites for hydroxylation is 1. The van der Waals surface area contributed by atoms with E-state index in [0.29, 0.717) is 12.1 Å². The minimum atomic E-state index is 0.153. The van der Waals surface area contributed by atoms with Crippen LogP contribution < -0.4 is 5.73 Å². The molecule has 2 N–H and O–H groups in total. The summed E-state index contributed by atoms with van der Waals surface area (Å²) < 4.78 is 0. The maximum Gasteiger partial charge on any atom is 0.0496 e. The molecule has 0 saturated heterocycles. The Morgan fingerprint density at radius 2 is 1.85 bits per heavy atom. The molecule has 20 heavy (non-hydrogen) atoms. The normalized spacial score (nSPS) is 26.5. The van der Waals surface area contributed by atoms with Gasteiger partial charge in [-0.3, -0.25) is 4.90 Å². The Labute approximate surface area is 124 Å². The van der Waals surface area contributed by atoms with Gasteiger partial charge in [-0.2, -0.15) is 0 Å². The molecule has 0 amide bonds. The minimum absolute atomic E-state index is 0.153. The van der Waals surface area contributed by atoms with Crippen molar-refractivity contribution in [2.75, 3.05) is 7.05 Å². The molecule has 2 rings (SSSR count). The third-order valence-corrected chi connectivity index (χ3v) is 4.84. The van der Waals surface area contributed by atoms with Crippen LogP contribution in [0.15, 0.2) is 24.3 Å². The van der Waals surface area contributed by atoms with Crippen LogP contribution in [0.2, 0.25) is 0 Å². The van der Waals surface area contributed by atoms with Gasteiger partial charge in [-0.15, -0.1) is 0 Å². The van der Waals surface area contributed by atoms with Gasteiger partial charge in [0.1, 0.15) is 0 Å². The fourth-order valence-electron chi connectivity index (χ4n) is 3.67. The van der Waals surface area contributed by atoms with Gasteiger partial charge in [0.2, 0.25) is 0 Å². The largest absolute Gasteiger partial charge is 0.326 e. The number of rotatable bonds is 4. The molecule has 1 fully saturated rings. The summed E-state index contributed by atoms with van der Waals surface area (Å²) >= 11 is 0. The Kier molecular flexibility index (Phi) is 5.22. The van der Waals surface area contributed by atoms with Gasteiger partial charge in [0.25, 0.3) is 0 Å². The summed E-state index contributed by atoms with van der Waals surface area (Å²) in [5.74, 6) is 0.850. The van der Waals surface area contributed by atoms with Gasteiger partial charge in [0.15, 0.2) is 0 Å². The molecule has 0 bridgehead atoms. The highest BCUT2D eigenvalue weighted by Gasteiger charge is 2.29. The molecule has 4 unspecified atom stereocenters. The first-order chi connectivity index (χ1) is 9.49. The molecule has 0 radical (unpaired) electrons. The van der Waals surface area contributed by atoms with E-state index >= 15 is 0 Å². The predicted octanol–water partition coefficient (Wildman–Crippen LogP) is 3.89. The van der Waals surface area contributed by atoms with Gasteiger partial charge in [-0.1, -0.05) is 49.6 Å². The maximum atomic E-state index is 6.31. The number of nitrogens with two attached hydrogens (primary N) is 1. The van der Waals surface area contributed by atoms with E-state index in [0.717, 1.165) is 5.92 Å². The zero-order valence-corrected chi connectivity index (χ0v) is 13.5. The molecule has 1 aromatic rings. The van der Waals surface area contributed by atoms with Crippen LogP contribution in [0.3, 0.4) is 0 Å². The van der Waals surface area contributed by atoms with Gasteiger partial charge in [0, 0.05) is 18.1 Å². The summed E-state index contributed by atoms with van der Waals surface area (Å²) in [6.45, 7) is 6.65. The molecule has 0 heterocycles. The number of likely N-dealkylation sites (N-methyl/N-ethyl adjacent to an activating group) is 1. The van der Waals surface area contributed by atoms with Crippen LogP contribution in [-0.2, 0) is 0 Å². The minimum Gasteiger partial charge on any atom is -0.326 e. The summed E-state index contributed by atoms with van der Waals surface area (Å²) in [7, 11) is 2.26. The molecule has 2 nitrogen and oxygen atoms in total. The zero-order chi connectivity index (χ0) is 14.7. The number of hydrogen-bond donors (Lipinski definition) is 1. The molecule has 112 valence electrons. The monoisotopic (exact) mass is 274 g/mol. The third kappa shape index (κ3) is 3.62. The number of hydrogen-bond acceptors (Lipinski definition) is 2. The zero-order valence-electron chi connectivity index (χ0n) is 13.5. The third-order valence-electron chi connectivity index (χ3n) is 4.84. The highest BCUT2D eigenvalue weighted by molar-refractivity contribution is 5.25. The van der Waals surface area contributed by atoms with E-state index in [1.54, 1.807) is 0 Å². The maximum absolute atomic E-state index is 6.31. The van der Waals surface area contributed by atoms with Crippen LogP contribution in [-0.4, -0.2) is 24.0 Å². The lowest BCUT2D eigenvalue weighted by molar-refractivity contribution is 0.106. The molecule has 1 saturated carbocycles. The lowest BCUT2D eigenvalue weighted by atomic mass is 9.84. The van der Waals surface area contributed by atoms with Crippen molar-refractivity contribution < 1.29 is 0 Å². The second-order valence-corrected chi connectivity index (χ2v) is 6.81.